The molecule has 2 amide bonds. The monoisotopic (exact) mass is 300 g/mol. The molecule has 0 heterocycles. The number of amides is 2. The standard InChI is InChI=1S/C15H28N2O4/c1-2-3-4-5-6-7-8-9-13(18)17-15(21)12(16)10-11-14(19)20/h12H,2-11,16H2,1H3,(H,19,20)(H,17,18,21)/t12-/m0/s1. The first-order valence-electron chi connectivity index (χ1n) is 7.78. The fourth-order valence-corrected chi connectivity index (χ4v) is 1.95. The topological polar surface area (TPSA) is 109 Å². The molecule has 0 saturated carbocycles. The average molecular weight is 300 g/mol. The summed E-state index contributed by atoms with van der Waals surface area (Å²) in [6.45, 7) is 2.17. The number of carboxylic acid groups (broad SMARTS) is 1. The molecular formula is C15H28N2O4. The van der Waals surface area contributed by atoms with Crippen molar-refractivity contribution in [3.63, 3.8) is 0 Å². The predicted molar refractivity (Wildman–Crippen MR) is 80.6 cm³/mol. The summed E-state index contributed by atoms with van der Waals surface area (Å²) in [7, 11) is 0. The van der Waals surface area contributed by atoms with Crippen LogP contribution in [0.25, 0.3) is 0 Å². The number of nitrogens with one attached hydrogen (secondary N) is 1. The maximum atomic E-state index is 11.5. The summed E-state index contributed by atoms with van der Waals surface area (Å²) in [6, 6.07) is -0.945. The number of nitrogens with two attached hydrogens (primary N) is 1. The van der Waals surface area contributed by atoms with Gasteiger partial charge in [-0.2, -0.15) is 0 Å². The second-order valence-electron chi connectivity index (χ2n) is 5.32. The van der Waals surface area contributed by atoms with Gasteiger partial charge in [-0.3, -0.25) is 19.7 Å². The van der Waals surface area contributed by atoms with Crippen molar-refractivity contribution in [3.8, 4) is 0 Å². The SMILES string of the molecule is CCCCCCCCCC(=O)NC(=O)[C@@H](N)CCC(=O)O. The quantitative estimate of drug-likeness (QED) is 0.477. The van der Waals surface area contributed by atoms with E-state index in [2.05, 4.69) is 12.2 Å². The first-order chi connectivity index (χ1) is 9.97. The molecule has 0 unspecified atom stereocenters. The molecule has 6 heteroatoms. The fraction of sp³-hybridized carbons (Fsp3) is 0.800. The Balaban J connectivity index is 3.64. The van der Waals surface area contributed by atoms with Crippen LogP contribution in [0.3, 0.4) is 0 Å². The Morgan fingerprint density at radius 2 is 1.57 bits per heavy atom. The predicted octanol–water partition coefficient (Wildman–Crippen LogP) is 1.96. The lowest BCUT2D eigenvalue weighted by Crippen LogP contribution is -2.43. The summed E-state index contributed by atoms with van der Waals surface area (Å²) >= 11 is 0. The smallest absolute Gasteiger partial charge is 0.303 e. The molecule has 0 aromatic rings. The molecule has 4 N–H and O–H groups in total. The third kappa shape index (κ3) is 12.1. The highest BCUT2D eigenvalue weighted by atomic mass is 16.4. The molecule has 0 aliphatic rings. The fourth-order valence-electron chi connectivity index (χ4n) is 1.95. The minimum Gasteiger partial charge on any atom is -0.481 e. The van der Waals surface area contributed by atoms with Crippen LogP contribution in [0, 0.1) is 0 Å². The van der Waals surface area contributed by atoms with Crippen LogP contribution < -0.4 is 11.1 Å². The van der Waals surface area contributed by atoms with Crippen molar-refractivity contribution in [2.45, 2.75) is 77.2 Å². The van der Waals surface area contributed by atoms with Gasteiger partial charge < -0.3 is 10.8 Å². The van der Waals surface area contributed by atoms with Gasteiger partial charge in [0.25, 0.3) is 0 Å². The van der Waals surface area contributed by atoms with Crippen LogP contribution in [-0.2, 0) is 14.4 Å². The molecule has 0 spiro atoms. The highest BCUT2D eigenvalue weighted by Gasteiger charge is 2.16. The van der Waals surface area contributed by atoms with Gasteiger partial charge in [-0.25, -0.2) is 0 Å². The van der Waals surface area contributed by atoms with Crippen LogP contribution in [-0.4, -0.2) is 28.9 Å². The van der Waals surface area contributed by atoms with Crippen LogP contribution in [0.1, 0.15) is 71.1 Å². The number of unbranched alkanes of at least 4 members (excludes halogenated alkanes) is 6. The second kappa shape index (κ2) is 12.3. The molecule has 6 nitrogen and oxygen atoms in total. The Labute approximate surface area is 126 Å². The van der Waals surface area contributed by atoms with Crippen LogP contribution in [0.4, 0.5) is 0 Å². The van der Waals surface area contributed by atoms with Crippen LogP contribution >= 0.6 is 0 Å². The van der Waals surface area contributed by atoms with E-state index in [0.29, 0.717) is 6.42 Å². The molecule has 0 bridgehead atoms. The Morgan fingerprint density at radius 1 is 1.00 bits per heavy atom. The van der Waals surface area contributed by atoms with Gasteiger partial charge in [0.2, 0.25) is 11.8 Å². The van der Waals surface area contributed by atoms with Gasteiger partial charge in [0.05, 0.1) is 6.04 Å². The zero-order chi connectivity index (χ0) is 16.1. The van der Waals surface area contributed by atoms with Crippen molar-refractivity contribution in [3.05, 3.63) is 0 Å². The molecule has 0 aliphatic carbocycles. The van der Waals surface area contributed by atoms with Crippen LogP contribution in [0.2, 0.25) is 0 Å². The number of aliphatic carboxylic acids is 1. The van der Waals surface area contributed by atoms with E-state index in [9.17, 15) is 14.4 Å². The van der Waals surface area contributed by atoms with Gasteiger partial charge >= 0.3 is 5.97 Å². The summed E-state index contributed by atoms with van der Waals surface area (Å²) in [5.74, 6) is -1.93. The number of hydrogen-bond acceptors (Lipinski definition) is 4. The summed E-state index contributed by atoms with van der Waals surface area (Å²) in [4.78, 5) is 33.4. The van der Waals surface area contributed by atoms with E-state index in [-0.39, 0.29) is 18.7 Å². The van der Waals surface area contributed by atoms with Crippen molar-refractivity contribution in [2.75, 3.05) is 0 Å². The molecule has 0 fully saturated rings. The molecule has 21 heavy (non-hydrogen) atoms. The van der Waals surface area contributed by atoms with Crippen molar-refractivity contribution in [2.24, 2.45) is 5.73 Å². The van der Waals surface area contributed by atoms with Gasteiger partial charge in [0, 0.05) is 12.8 Å². The Hall–Kier alpha value is -1.43. The molecule has 0 saturated heterocycles. The maximum Gasteiger partial charge on any atom is 0.303 e. The average Bonchev–Trinajstić information content (AvgIpc) is 2.43. The van der Waals surface area contributed by atoms with E-state index < -0.39 is 17.9 Å². The molecule has 0 aromatic heterocycles. The van der Waals surface area contributed by atoms with Gasteiger partial charge in [-0.15, -0.1) is 0 Å². The summed E-state index contributed by atoms with van der Waals surface area (Å²) < 4.78 is 0. The lowest BCUT2D eigenvalue weighted by molar-refractivity contribution is -0.137. The maximum absolute atomic E-state index is 11.5. The van der Waals surface area contributed by atoms with Gasteiger partial charge in [0.1, 0.15) is 0 Å². The zero-order valence-electron chi connectivity index (χ0n) is 12.9. The van der Waals surface area contributed by atoms with Crippen LogP contribution in [0.5, 0.6) is 0 Å². The highest BCUT2D eigenvalue weighted by molar-refractivity contribution is 5.97. The summed E-state index contributed by atoms with van der Waals surface area (Å²) in [6.07, 6.45) is 7.91. The zero-order valence-corrected chi connectivity index (χ0v) is 12.9. The van der Waals surface area contributed by atoms with E-state index >= 15 is 0 Å². The summed E-state index contributed by atoms with van der Waals surface area (Å²) in [5.41, 5.74) is 5.51. The lowest BCUT2D eigenvalue weighted by Gasteiger charge is -2.10. The minimum absolute atomic E-state index is 0.0336. The largest absolute Gasteiger partial charge is 0.481 e. The third-order valence-corrected chi connectivity index (χ3v) is 3.28. The molecular weight excluding hydrogens is 272 g/mol. The number of imide groups is 1. The molecule has 122 valence electrons. The van der Waals surface area contributed by atoms with Gasteiger partial charge in [-0.1, -0.05) is 45.4 Å². The third-order valence-electron chi connectivity index (χ3n) is 3.28. The molecule has 0 radical (unpaired) electrons. The summed E-state index contributed by atoms with van der Waals surface area (Å²) in [5, 5.41) is 10.7. The van der Waals surface area contributed by atoms with Crippen molar-refractivity contribution in [1.82, 2.24) is 5.32 Å². The van der Waals surface area contributed by atoms with E-state index in [4.69, 9.17) is 10.8 Å². The molecule has 0 aromatic carbocycles. The van der Waals surface area contributed by atoms with Crippen molar-refractivity contribution in [1.29, 1.82) is 0 Å². The Kier molecular flexibility index (Phi) is 11.5. The molecule has 0 aliphatic heterocycles. The normalized spacial score (nSPS) is 11.9. The first-order valence-corrected chi connectivity index (χ1v) is 7.78. The molecule has 1 atom stereocenters. The number of hydrogen-bond donors (Lipinski definition) is 3. The van der Waals surface area contributed by atoms with Crippen LogP contribution in [0.15, 0.2) is 0 Å². The van der Waals surface area contributed by atoms with Gasteiger partial charge in [-0.05, 0) is 12.8 Å². The molecule has 0 rings (SSSR count). The minimum atomic E-state index is -1.01. The second-order valence-corrected chi connectivity index (χ2v) is 5.32. The van der Waals surface area contributed by atoms with Gasteiger partial charge in [0.15, 0.2) is 0 Å². The number of carboxylic acids is 1. The van der Waals surface area contributed by atoms with E-state index in [1.54, 1.807) is 0 Å². The van der Waals surface area contributed by atoms with E-state index in [1.807, 2.05) is 0 Å². The Bertz CT molecular complexity index is 332. The Morgan fingerprint density at radius 3 is 2.14 bits per heavy atom. The highest BCUT2D eigenvalue weighted by Crippen LogP contribution is 2.08. The van der Waals surface area contributed by atoms with E-state index in [0.717, 1.165) is 19.3 Å². The number of carbonyl (C=O) groups excluding carboxylic acids is 2. The lowest BCUT2D eigenvalue weighted by atomic mass is 10.1. The van der Waals surface area contributed by atoms with E-state index in [1.165, 1.54) is 25.7 Å². The number of carbonyl (C=O) groups is 3. The van der Waals surface area contributed by atoms with Crippen molar-refractivity contribution < 1.29 is 19.5 Å². The first kappa shape index (κ1) is 19.6. The van der Waals surface area contributed by atoms with Crippen molar-refractivity contribution >= 4 is 17.8 Å². The number of rotatable bonds is 12.